The Balaban J connectivity index is 2.10. The molecule has 0 saturated heterocycles. The molecule has 0 saturated carbocycles. The number of rotatable bonds is 3. The van der Waals surface area contributed by atoms with Crippen molar-refractivity contribution in [2.24, 2.45) is 0 Å². The lowest BCUT2D eigenvalue weighted by atomic mass is 10.1. The van der Waals surface area contributed by atoms with Crippen LogP contribution in [0.1, 0.15) is 67.2 Å². The molecule has 1 aromatic carbocycles. The summed E-state index contributed by atoms with van der Waals surface area (Å²) < 4.78 is 6.92. The predicted octanol–water partition coefficient (Wildman–Crippen LogP) is 5.54. The fourth-order valence-corrected chi connectivity index (χ4v) is 3.68. The second kappa shape index (κ2) is 6.93. The monoisotopic (exact) mass is 384 g/mol. The highest BCUT2D eigenvalue weighted by atomic mass is 32.1. The van der Waals surface area contributed by atoms with Gasteiger partial charge < -0.3 is 4.74 Å². The Morgan fingerprint density at radius 1 is 1.22 bits per heavy atom. The molecule has 3 aromatic rings. The summed E-state index contributed by atoms with van der Waals surface area (Å²) in [5.74, 6) is 0.0802. The number of ether oxygens (including phenoxy) is 1. The maximum absolute atomic E-state index is 13.1. The van der Waals surface area contributed by atoms with E-state index in [1.165, 1.54) is 15.9 Å². The van der Waals surface area contributed by atoms with Gasteiger partial charge in [-0.1, -0.05) is 26.0 Å². The van der Waals surface area contributed by atoms with E-state index in [0.29, 0.717) is 16.1 Å². The Bertz CT molecular complexity index is 1020. The number of nitrogens with zero attached hydrogens (tertiary/aromatic N) is 2. The quantitative estimate of drug-likeness (QED) is 0.556. The van der Waals surface area contributed by atoms with E-state index < -0.39 is 11.7 Å². The summed E-state index contributed by atoms with van der Waals surface area (Å²) in [7, 11) is 0. The highest BCUT2D eigenvalue weighted by molar-refractivity contribution is 7.12. The molecular weight excluding hydrogens is 360 g/mol. The second-order valence-corrected chi connectivity index (χ2v) is 8.83. The molecule has 0 aliphatic carbocycles. The third-order valence-electron chi connectivity index (χ3n) is 4.10. The number of hydrogen-bond donors (Lipinski definition) is 0. The standard InChI is InChI=1S/C21H24N2O3S/c1-12(2)16-11-27-19(22-16)18(24)15-10-23(20(25)26-21(4,5)6)17-9-13(3)7-8-14(15)17/h7-12H,1-6H3. The predicted molar refractivity (Wildman–Crippen MR) is 108 cm³/mol. The first kappa shape index (κ1) is 19.3. The summed E-state index contributed by atoms with van der Waals surface area (Å²) in [6, 6.07) is 5.69. The average Bonchev–Trinajstić information content (AvgIpc) is 3.17. The van der Waals surface area contributed by atoms with E-state index in [0.717, 1.165) is 16.6 Å². The molecule has 27 heavy (non-hydrogen) atoms. The minimum absolute atomic E-state index is 0.178. The third-order valence-corrected chi connectivity index (χ3v) is 4.96. The molecule has 0 amide bonds. The Morgan fingerprint density at radius 2 is 1.93 bits per heavy atom. The van der Waals surface area contributed by atoms with Crippen LogP contribution in [0, 0.1) is 6.92 Å². The van der Waals surface area contributed by atoms with Crippen LogP contribution in [0.2, 0.25) is 0 Å². The van der Waals surface area contributed by atoms with E-state index in [-0.39, 0.29) is 11.7 Å². The van der Waals surface area contributed by atoms with Crippen molar-refractivity contribution in [2.45, 2.75) is 53.1 Å². The average molecular weight is 385 g/mol. The largest absolute Gasteiger partial charge is 0.443 e. The molecule has 142 valence electrons. The molecule has 0 atom stereocenters. The van der Waals surface area contributed by atoms with Crippen molar-refractivity contribution in [1.82, 2.24) is 9.55 Å². The molecule has 0 fully saturated rings. The lowest BCUT2D eigenvalue weighted by molar-refractivity contribution is 0.0544. The second-order valence-electron chi connectivity index (χ2n) is 7.98. The summed E-state index contributed by atoms with van der Waals surface area (Å²) in [6.07, 6.45) is 1.07. The molecule has 2 heterocycles. The molecule has 3 rings (SSSR count). The molecule has 0 radical (unpaired) electrons. The van der Waals surface area contributed by atoms with Crippen molar-refractivity contribution < 1.29 is 14.3 Å². The molecule has 6 heteroatoms. The van der Waals surface area contributed by atoms with Crippen LogP contribution in [-0.4, -0.2) is 27.0 Å². The topological polar surface area (TPSA) is 61.2 Å². The Kier molecular flexibility index (Phi) is 4.95. The van der Waals surface area contributed by atoms with Crippen LogP contribution in [0.25, 0.3) is 10.9 Å². The van der Waals surface area contributed by atoms with Gasteiger partial charge in [-0.2, -0.15) is 0 Å². The molecule has 0 spiro atoms. The summed E-state index contributed by atoms with van der Waals surface area (Å²) >= 11 is 1.33. The maximum Gasteiger partial charge on any atom is 0.419 e. The van der Waals surface area contributed by atoms with Gasteiger partial charge >= 0.3 is 6.09 Å². The van der Waals surface area contributed by atoms with Crippen molar-refractivity contribution in [3.63, 3.8) is 0 Å². The number of carbonyl (C=O) groups is 2. The van der Waals surface area contributed by atoms with Gasteiger partial charge in [0.15, 0.2) is 5.01 Å². The van der Waals surface area contributed by atoms with Gasteiger partial charge in [-0.25, -0.2) is 9.78 Å². The minimum Gasteiger partial charge on any atom is -0.443 e. The molecule has 0 bridgehead atoms. The number of benzene rings is 1. The van der Waals surface area contributed by atoms with Crippen molar-refractivity contribution in [3.8, 4) is 0 Å². The van der Waals surface area contributed by atoms with E-state index in [2.05, 4.69) is 4.98 Å². The minimum atomic E-state index is -0.622. The zero-order chi connectivity index (χ0) is 19.9. The molecule has 0 unspecified atom stereocenters. The molecule has 5 nitrogen and oxygen atoms in total. The fraction of sp³-hybridized carbons (Fsp3) is 0.381. The number of ketones is 1. The fourth-order valence-electron chi connectivity index (χ4n) is 2.75. The van der Waals surface area contributed by atoms with Gasteiger partial charge in [0, 0.05) is 17.0 Å². The molecule has 0 aliphatic heterocycles. The summed E-state index contributed by atoms with van der Waals surface area (Å²) in [6.45, 7) is 11.5. The maximum atomic E-state index is 13.1. The normalized spacial score (nSPS) is 12.0. The van der Waals surface area contributed by atoms with Crippen LogP contribution < -0.4 is 0 Å². The van der Waals surface area contributed by atoms with Crippen LogP contribution >= 0.6 is 11.3 Å². The first-order valence-electron chi connectivity index (χ1n) is 8.92. The number of aryl methyl sites for hydroxylation is 1. The van der Waals surface area contributed by atoms with Crippen molar-refractivity contribution in [3.05, 3.63) is 51.6 Å². The third kappa shape index (κ3) is 3.95. The van der Waals surface area contributed by atoms with E-state index in [9.17, 15) is 9.59 Å². The smallest absolute Gasteiger partial charge is 0.419 e. The summed E-state index contributed by atoms with van der Waals surface area (Å²) in [4.78, 5) is 30.2. The van der Waals surface area contributed by atoms with Crippen molar-refractivity contribution in [2.75, 3.05) is 0 Å². The molecular formula is C21H24N2O3S. The van der Waals surface area contributed by atoms with E-state index >= 15 is 0 Å². The van der Waals surface area contributed by atoms with Gasteiger partial charge in [0.05, 0.1) is 16.8 Å². The highest BCUT2D eigenvalue weighted by Gasteiger charge is 2.25. The van der Waals surface area contributed by atoms with Crippen LogP contribution in [-0.2, 0) is 4.74 Å². The van der Waals surface area contributed by atoms with Crippen LogP contribution in [0.4, 0.5) is 4.79 Å². The van der Waals surface area contributed by atoms with Crippen molar-refractivity contribution >= 4 is 34.1 Å². The van der Waals surface area contributed by atoms with Gasteiger partial charge in [0.2, 0.25) is 5.78 Å². The van der Waals surface area contributed by atoms with Gasteiger partial charge in [-0.05, 0) is 45.2 Å². The molecule has 0 aliphatic rings. The Hall–Kier alpha value is -2.47. The lowest BCUT2D eigenvalue weighted by Crippen LogP contribution is -2.26. The lowest BCUT2D eigenvalue weighted by Gasteiger charge is -2.19. The number of carbonyl (C=O) groups excluding carboxylic acids is 2. The zero-order valence-electron chi connectivity index (χ0n) is 16.5. The van der Waals surface area contributed by atoms with Gasteiger partial charge in [0.1, 0.15) is 5.60 Å². The van der Waals surface area contributed by atoms with Crippen molar-refractivity contribution in [1.29, 1.82) is 0 Å². The molecule has 2 aromatic heterocycles. The summed E-state index contributed by atoms with van der Waals surface area (Å²) in [5, 5.41) is 3.06. The number of hydrogen-bond acceptors (Lipinski definition) is 5. The van der Waals surface area contributed by atoms with E-state index in [4.69, 9.17) is 4.74 Å². The molecule has 0 N–H and O–H groups in total. The van der Waals surface area contributed by atoms with Crippen LogP contribution in [0.3, 0.4) is 0 Å². The van der Waals surface area contributed by atoms with Gasteiger partial charge in [-0.15, -0.1) is 11.3 Å². The Morgan fingerprint density at radius 3 is 2.52 bits per heavy atom. The highest BCUT2D eigenvalue weighted by Crippen LogP contribution is 2.28. The van der Waals surface area contributed by atoms with E-state index in [1.807, 2.05) is 65.1 Å². The first-order chi connectivity index (χ1) is 12.6. The first-order valence-corrected chi connectivity index (χ1v) is 9.80. The van der Waals surface area contributed by atoms with Gasteiger partial charge in [-0.3, -0.25) is 9.36 Å². The van der Waals surface area contributed by atoms with E-state index in [1.54, 1.807) is 6.20 Å². The summed E-state index contributed by atoms with van der Waals surface area (Å²) in [5.41, 5.74) is 2.40. The zero-order valence-corrected chi connectivity index (χ0v) is 17.3. The number of aromatic nitrogens is 2. The van der Waals surface area contributed by atoms with Crippen LogP contribution in [0.15, 0.2) is 29.8 Å². The SMILES string of the molecule is Cc1ccc2c(C(=O)c3nc(C(C)C)cs3)cn(C(=O)OC(C)(C)C)c2c1. The Labute approximate surface area is 163 Å². The van der Waals surface area contributed by atoms with Gasteiger partial charge in [0.25, 0.3) is 0 Å². The number of thiazole rings is 1. The van der Waals surface area contributed by atoms with Crippen LogP contribution in [0.5, 0.6) is 0 Å². The number of fused-ring (bicyclic) bond motifs is 1.